The Balaban J connectivity index is 1.34. The molecule has 2 aliphatic rings. The van der Waals surface area contributed by atoms with E-state index in [1.54, 1.807) is 24.0 Å². The summed E-state index contributed by atoms with van der Waals surface area (Å²) in [6.45, 7) is 8.43. The highest BCUT2D eigenvalue weighted by Crippen LogP contribution is 2.42. The summed E-state index contributed by atoms with van der Waals surface area (Å²) in [6.07, 6.45) is 7.81. The molecule has 1 saturated heterocycles. The monoisotopic (exact) mass is 535 g/mol. The molecule has 0 amide bonds. The van der Waals surface area contributed by atoms with Crippen LogP contribution in [0.2, 0.25) is 0 Å². The third-order valence-electron chi connectivity index (χ3n) is 8.42. The SMILES string of the molecule is CCOC(=O)c1cnn(-c2ncccc2-c2cccc3c2C(Nc2ccc(C4CCNCC4)cc2C)CC3)c1C. The molecule has 7 heteroatoms. The first-order valence-corrected chi connectivity index (χ1v) is 14.4. The number of benzene rings is 2. The number of ether oxygens (including phenoxy) is 1. The van der Waals surface area contributed by atoms with Gasteiger partial charge in [-0.05, 0) is 111 Å². The molecule has 2 N–H and O–H groups in total. The van der Waals surface area contributed by atoms with Crippen LogP contribution in [0.3, 0.4) is 0 Å². The lowest BCUT2D eigenvalue weighted by Gasteiger charge is -2.25. The van der Waals surface area contributed by atoms with Gasteiger partial charge in [-0.15, -0.1) is 0 Å². The van der Waals surface area contributed by atoms with Gasteiger partial charge in [0, 0.05) is 17.4 Å². The van der Waals surface area contributed by atoms with Gasteiger partial charge in [0.1, 0.15) is 5.56 Å². The second-order valence-electron chi connectivity index (χ2n) is 10.9. The molecule has 0 saturated carbocycles. The lowest BCUT2D eigenvalue weighted by atomic mass is 9.89. The summed E-state index contributed by atoms with van der Waals surface area (Å²) in [5.74, 6) is 0.985. The largest absolute Gasteiger partial charge is 0.462 e. The number of anilines is 1. The second kappa shape index (κ2) is 11.3. The van der Waals surface area contributed by atoms with Gasteiger partial charge in [-0.1, -0.05) is 30.3 Å². The molecule has 2 aromatic heterocycles. The van der Waals surface area contributed by atoms with Gasteiger partial charge in [0.25, 0.3) is 0 Å². The normalized spacial score (nSPS) is 17.0. The van der Waals surface area contributed by atoms with Crippen molar-refractivity contribution in [2.45, 2.75) is 58.4 Å². The van der Waals surface area contributed by atoms with Crippen molar-refractivity contribution in [2.75, 3.05) is 25.0 Å². The van der Waals surface area contributed by atoms with Crippen LogP contribution in [0.1, 0.15) is 76.5 Å². The Bertz CT molecular complexity index is 1540. The maximum atomic E-state index is 12.5. The van der Waals surface area contributed by atoms with E-state index in [0.717, 1.165) is 37.1 Å². The first-order valence-electron chi connectivity index (χ1n) is 14.4. The number of esters is 1. The van der Waals surface area contributed by atoms with Gasteiger partial charge < -0.3 is 15.4 Å². The summed E-state index contributed by atoms with van der Waals surface area (Å²) in [5.41, 5.74) is 9.92. The molecule has 1 unspecified atom stereocenters. The Morgan fingerprint density at radius 2 is 1.90 bits per heavy atom. The van der Waals surface area contributed by atoms with Crippen LogP contribution in [0, 0.1) is 13.8 Å². The second-order valence-corrected chi connectivity index (χ2v) is 10.9. The van der Waals surface area contributed by atoms with Crippen molar-refractivity contribution in [3.8, 4) is 16.9 Å². The highest BCUT2D eigenvalue weighted by atomic mass is 16.5. The third kappa shape index (κ3) is 4.90. The number of piperidine rings is 1. The van der Waals surface area contributed by atoms with Crippen molar-refractivity contribution in [3.63, 3.8) is 0 Å². The molecule has 6 rings (SSSR count). The Morgan fingerprint density at radius 3 is 2.70 bits per heavy atom. The van der Waals surface area contributed by atoms with Crippen LogP contribution < -0.4 is 10.6 Å². The summed E-state index contributed by atoms with van der Waals surface area (Å²) in [4.78, 5) is 17.2. The predicted octanol–water partition coefficient (Wildman–Crippen LogP) is 6.29. The highest BCUT2D eigenvalue weighted by Gasteiger charge is 2.28. The molecular formula is C33H37N5O2. The minimum Gasteiger partial charge on any atom is -0.462 e. The van der Waals surface area contributed by atoms with Crippen LogP contribution in [-0.2, 0) is 11.2 Å². The molecule has 7 nitrogen and oxygen atoms in total. The number of carbonyl (C=O) groups excluding carboxylic acids is 1. The number of hydrogen-bond acceptors (Lipinski definition) is 6. The van der Waals surface area contributed by atoms with Crippen LogP contribution in [-0.4, -0.2) is 40.4 Å². The summed E-state index contributed by atoms with van der Waals surface area (Å²) in [5, 5.41) is 11.9. The lowest BCUT2D eigenvalue weighted by molar-refractivity contribution is 0.0525. The summed E-state index contributed by atoms with van der Waals surface area (Å²) < 4.78 is 6.98. The molecular weight excluding hydrogens is 498 g/mol. The minimum atomic E-state index is -0.366. The van der Waals surface area contributed by atoms with E-state index in [2.05, 4.69) is 65.1 Å². The van der Waals surface area contributed by atoms with E-state index in [1.807, 2.05) is 13.0 Å². The van der Waals surface area contributed by atoms with Gasteiger partial charge in [0.15, 0.2) is 5.82 Å². The Kier molecular flexibility index (Phi) is 7.39. The molecule has 2 aromatic carbocycles. The molecule has 0 bridgehead atoms. The number of hydrogen-bond donors (Lipinski definition) is 2. The number of nitrogens with one attached hydrogen (secondary N) is 2. The van der Waals surface area contributed by atoms with E-state index in [4.69, 9.17) is 9.72 Å². The first kappa shape index (κ1) is 26.3. The number of fused-ring (bicyclic) bond motifs is 1. The van der Waals surface area contributed by atoms with E-state index in [9.17, 15) is 4.79 Å². The first-order chi connectivity index (χ1) is 19.5. The Hall–Kier alpha value is -3.97. The maximum absolute atomic E-state index is 12.5. The number of nitrogens with zero attached hydrogens (tertiary/aromatic N) is 3. The van der Waals surface area contributed by atoms with Crippen molar-refractivity contribution in [1.29, 1.82) is 0 Å². The minimum absolute atomic E-state index is 0.191. The molecule has 1 fully saturated rings. The number of aromatic nitrogens is 3. The lowest BCUT2D eigenvalue weighted by Crippen LogP contribution is -2.26. The predicted molar refractivity (Wildman–Crippen MR) is 158 cm³/mol. The zero-order valence-electron chi connectivity index (χ0n) is 23.5. The van der Waals surface area contributed by atoms with E-state index in [-0.39, 0.29) is 12.0 Å². The molecule has 1 aliphatic carbocycles. The molecule has 3 heterocycles. The molecule has 0 spiro atoms. The number of aryl methyl sites for hydroxylation is 2. The van der Waals surface area contributed by atoms with E-state index in [1.165, 1.54) is 40.8 Å². The van der Waals surface area contributed by atoms with Gasteiger partial charge in [-0.3, -0.25) is 0 Å². The molecule has 1 aliphatic heterocycles. The number of carbonyl (C=O) groups is 1. The fourth-order valence-corrected chi connectivity index (χ4v) is 6.32. The van der Waals surface area contributed by atoms with Gasteiger partial charge in [0.05, 0.1) is 24.5 Å². The van der Waals surface area contributed by atoms with Crippen LogP contribution in [0.4, 0.5) is 5.69 Å². The van der Waals surface area contributed by atoms with Crippen molar-refractivity contribution < 1.29 is 9.53 Å². The summed E-state index contributed by atoms with van der Waals surface area (Å²) in [6, 6.07) is 17.8. The molecule has 206 valence electrons. The van der Waals surface area contributed by atoms with Gasteiger partial charge in [-0.25, -0.2) is 14.5 Å². The fraction of sp³-hybridized carbons (Fsp3) is 0.364. The molecule has 0 radical (unpaired) electrons. The van der Waals surface area contributed by atoms with Crippen LogP contribution >= 0.6 is 0 Å². The van der Waals surface area contributed by atoms with Crippen molar-refractivity contribution in [2.24, 2.45) is 0 Å². The average molecular weight is 536 g/mol. The maximum Gasteiger partial charge on any atom is 0.341 e. The van der Waals surface area contributed by atoms with Gasteiger partial charge >= 0.3 is 5.97 Å². The van der Waals surface area contributed by atoms with E-state index >= 15 is 0 Å². The van der Waals surface area contributed by atoms with Crippen molar-refractivity contribution >= 4 is 11.7 Å². The Labute approximate surface area is 236 Å². The fourth-order valence-electron chi connectivity index (χ4n) is 6.32. The van der Waals surface area contributed by atoms with Crippen LogP contribution in [0.15, 0.2) is 60.9 Å². The summed E-state index contributed by atoms with van der Waals surface area (Å²) in [7, 11) is 0. The Morgan fingerprint density at radius 1 is 1.07 bits per heavy atom. The topological polar surface area (TPSA) is 81.1 Å². The zero-order valence-corrected chi connectivity index (χ0v) is 23.5. The van der Waals surface area contributed by atoms with Crippen molar-refractivity contribution in [3.05, 3.63) is 94.4 Å². The number of pyridine rings is 1. The number of rotatable bonds is 7. The van der Waals surface area contributed by atoms with Gasteiger partial charge in [0.2, 0.25) is 0 Å². The zero-order chi connectivity index (χ0) is 27.6. The van der Waals surface area contributed by atoms with Crippen LogP contribution in [0.5, 0.6) is 0 Å². The molecule has 1 atom stereocenters. The standard InChI is InChI=1S/C33H37N5O2/c1-4-40-33(39)28-20-36-38(22(28)3)32-27(9-6-16-35-32)26-8-5-7-24-10-13-30(31(24)26)37-29-12-11-25(19-21(29)2)23-14-17-34-18-15-23/h5-9,11-12,16,19-20,23,30,34,37H,4,10,13-15,17-18H2,1-3H3. The van der Waals surface area contributed by atoms with Crippen molar-refractivity contribution in [1.82, 2.24) is 20.1 Å². The van der Waals surface area contributed by atoms with Crippen LogP contribution in [0.25, 0.3) is 16.9 Å². The molecule has 4 aromatic rings. The third-order valence-corrected chi connectivity index (χ3v) is 8.42. The molecule has 40 heavy (non-hydrogen) atoms. The van der Waals surface area contributed by atoms with E-state index in [0.29, 0.717) is 29.6 Å². The smallest absolute Gasteiger partial charge is 0.341 e. The van der Waals surface area contributed by atoms with Gasteiger partial charge in [-0.2, -0.15) is 5.10 Å². The average Bonchev–Trinajstić information content (AvgIpc) is 3.58. The quantitative estimate of drug-likeness (QED) is 0.271. The highest BCUT2D eigenvalue weighted by molar-refractivity contribution is 5.90. The van der Waals surface area contributed by atoms with E-state index < -0.39 is 0 Å². The summed E-state index contributed by atoms with van der Waals surface area (Å²) >= 11 is 0.